The highest BCUT2D eigenvalue weighted by molar-refractivity contribution is 5.94. The highest BCUT2D eigenvalue weighted by Gasteiger charge is 2.04. The minimum Gasteiger partial charge on any atom is -0.370 e. The third-order valence-electron chi connectivity index (χ3n) is 3.37. The molecule has 6 nitrogen and oxygen atoms in total. The minimum atomic E-state index is -0.0789. The molecule has 1 heterocycles. The lowest BCUT2D eigenvalue weighted by Crippen LogP contribution is -2.33. The minimum absolute atomic E-state index is 0.0789. The smallest absolute Gasteiger partial charge is 0.251 e. The van der Waals surface area contributed by atoms with Crippen LogP contribution in [0, 0.1) is 0 Å². The summed E-state index contributed by atoms with van der Waals surface area (Å²) < 4.78 is 0. The Labute approximate surface area is 142 Å². The number of nitrogens with one attached hydrogen (secondary N) is 2. The first-order chi connectivity index (χ1) is 11.7. The zero-order valence-electron chi connectivity index (χ0n) is 13.8. The predicted molar refractivity (Wildman–Crippen MR) is 95.7 cm³/mol. The number of amides is 1. The van der Waals surface area contributed by atoms with Gasteiger partial charge in [-0.25, -0.2) is 4.99 Å². The lowest BCUT2D eigenvalue weighted by atomic mass is 10.1. The topological polar surface area (TPSA) is 92.4 Å². The molecule has 0 radical (unpaired) electrons. The molecule has 0 bridgehead atoms. The van der Waals surface area contributed by atoms with E-state index >= 15 is 0 Å². The molecule has 0 fully saturated rings. The van der Waals surface area contributed by atoms with E-state index in [1.807, 2.05) is 43.3 Å². The molecule has 126 valence electrons. The molecule has 1 aromatic heterocycles. The van der Waals surface area contributed by atoms with Gasteiger partial charge in [-0.3, -0.25) is 9.78 Å². The summed E-state index contributed by atoms with van der Waals surface area (Å²) in [6.45, 7) is 3.60. The number of carbonyl (C=O) groups is 1. The molecule has 0 unspecified atom stereocenters. The van der Waals surface area contributed by atoms with Gasteiger partial charge in [0.2, 0.25) is 0 Å². The molecule has 0 aliphatic carbocycles. The normalized spacial score (nSPS) is 11.1. The Hall–Kier alpha value is -2.89. The van der Waals surface area contributed by atoms with E-state index in [1.165, 1.54) is 0 Å². The van der Waals surface area contributed by atoms with E-state index in [1.54, 1.807) is 12.3 Å². The Morgan fingerprint density at radius 1 is 1.21 bits per heavy atom. The maximum Gasteiger partial charge on any atom is 0.251 e. The second-order valence-electron chi connectivity index (χ2n) is 5.26. The molecule has 0 atom stereocenters. The first-order valence-corrected chi connectivity index (χ1v) is 8.00. The maximum absolute atomic E-state index is 11.8. The fraction of sp³-hybridized carbons (Fsp3) is 0.278. The molecule has 0 saturated heterocycles. The SMILES string of the molecule is CCNC(=O)c1cccc(CN=C(N)NCCc2ccccn2)c1. The van der Waals surface area contributed by atoms with Gasteiger partial charge in [-0.2, -0.15) is 0 Å². The van der Waals surface area contributed by atoms with Crippen molar-refractivity contribution < 1.29 is 4.79 Å². The van der Waals surface area contributed by atoms with Crippen molar-refractivity contribution in [3.05, 3.63) is 65.5 Å². The van der Waals surface area contributed by atoms with Crippen LogP contribution in [0.25, 0.3) is 0 Å². The number of rotatable bonds is 7. The van der Waals surface area contributed by atoms with Crippen molar-refractivity contribution in [2.75, 3.05) is 13.1 Å². The van der Waals surface area contributed by atoms with Gasteiger partial charge in [-0.1, -0.05) is 18.2 Å². The number of nitrogens with zero attached hydrogens (tertiary/aromatic N) is 2. The molecule has 2 aromatic rings. The van der Waals surface area contributed by atoms with Crippen molar-refractivity contribution in [2.45, 2.75) is 19.9 Å². The molecule has 1 aromatic carbocycles. The van der Waals surface area contributed by atoms with Gasteiger partial charge in [0.1, 0.15) is 0 Å². The van der Waals surface area contributed by atoms with Crippen molar-refractivity contribution in [2.24, 2.45) is 10.7 Å². The van der Waals surface area contributed by atoms with E-state index < -0.39 is 0 Å². The summed E-state index contributed by atoms with van der Waals surface area (Å²) in [6, 6.07) is 13.2. The van der Waals surface area contributed by atoms with Crippen LogP contribution in [0.15, 0.2) is 53.7 Å². The summed E-state index contributed by atoms with van der Waals surface area (Å²) in [5.41, 5.74) is 8.45. The standard InChI is InChI=1S/C18H23N5O/c1-2-20-17(24)15-7-5-6-14(12-15)13-23-18(19)22-11-9-16-8-3-4-10-21-16/h3-8,10,12H,2,9,11,13H2,1H3,(H,20,24)(H3,19,22,23). The van der Waals surface area contributed by atoms with Crippen LogP contribution in [0.4, 0.5) is 0 Å². The lowest BCUT2D eigenvalue weighted by molar-refractivity contribution is 0.0955. The third kappa shape index (κ3) is 5.72. The molecule has 0 aliphatic rings. The summed E-state index contributed by atoms with van der Waals surface area (Å²) in [4.78, 5) is 20.4. The number of benzene rings is 1. The summed E-state index contributed by atoms with van der Waals surface area (Å²) in [7, 11) is 0. The monoisotopic (exact) mass is 325 g/mol. The van der Waals surface area contributed by atoms with Crippen LogP contribution in [-0.2, 0) is 13.0 Å². The maximum atomic E-state index is 11.8. The van der Waals surface area contributed by atoms with Crippen molar-refractivity contribution >= 4 is 11.9 Å². The second kappa shape index (κ2) is 9.29. The molecule has 0 aliphatic heterocycles. The Bertz CT molecular complexity index is 685. The van der Waals surface area contributed by atoms with E-state index in [0.717, 1.165) is 17.7 Å². The number of aromatic nitrogens is 1. The highest BCUT2D eigenvalue weighted by Crippen LogP contribution is 2.06. The quantitative estimate of drug-likeness (QED) is 0.531. The van der Waals surface area contributed by atoms with Crippen molar-refractivity contribution in [1.82, 2.24) is 15.6 Å². The molecule has 1 amide bonds. The fourth-order valence-corrected chi connectivity index (χ4v) is 2.17. The van der Waals surface area contributed by atoms with Crippen molar-refractivity contribution in [3.8, 4) is 0 Å². The van der Waals surface area contributed by atoms with Gasteiger partial charge in [-0.15, -0.1) is 0 Å². The lowest BCUT2D eigenvalue weighted by Gasteiger charge is -2.06. The summed E-state index contributed by atoms with van der Waals surface area (Å²) in [5.74, 6) is 0.305. The fourth-order valence-electron chi connectivity index (χ4n) is 2.17. The van der Waals surface area contributed by atoms with Gasteiger partial charge in [0.25, 0.3) is 5.91 Å². The van der Waals surface area contributed by atoms with Gasteiger partial charge in [0, 0.05) is 37.0 Å². The van der Waals surface area contributed by atoms with Crippen LogP contribution in [0.1, 0.15) is 28.5 Å². The van der Waals surface area contributed by atoms with Gasteiger partial charge < -0.3 is 16.4 Å². The number of pyridine rings is 1. The van der Waals surface area contributed by atoms with Crippen molar-refractivity contribution in [3.63, 3.8) is 0 Å². The Kier molecular flexibility index (Phi) is 6.76. The number of hydrogen-bond acceptors (Lipinski definition) is 3. The van der Waals surface area contributed by atoms with Crippen LogP contribution in [0.5, 0.6) is 0 Å². The largest absolute Gasteiger partial charge is 0.370 e. The van der Waals surface area contributed by atoms with Crippen LogP contribution in [0.3, 0.4) is 0 Å². The van der Waals surface area contributed by atoms with Crippen LogP contribution in [-0.4, -0.2) is 29.9 Å². The van der Waals surface area contributed by atoms with E-state index in [4.69, 9.17) is 5.73 Å². The van der Waals surface area contributed by atoms with E-state index in [0.29, 0.717) is 31.2 Å². The van der Waals surface area contributed by atoms with Crippen LogP contribution in [0.2, 0.25) is 0 Å². The number of guanidine groups is 1. The first kappa shape index (κ1) is 17.5. The zero-order chi connectivity index (χ0) is 17.2. The highest BCUT2D eigenvalue weighted by atomic mass is 16.1. The number of carbonyl (C=O) groups excluding carboxylic acids is 1. The van der Waals surface area contributed by atoms with Gasteiger partial charge in [0.05, 0.1) is 6.54 Å². The Morgan fingerprint density at radius 2 is 2.08 bits per heavy atom. The van der Waals surface area contributed by atoms with Crippen LogP contribution < -0.4 is 16.4 Å². The molecule has 4 N–H and O–H groups in total. The molecular formula is C18H23N5O. The Balaban J connectivity index is 1.83. The van der Waals surface area contributed by atoms with Gasteiger partial charge in [-0.05, 0) is 36.8 Å². The van der Waals surface area contributed by atoms with Crippen LogP contribution >= 0.6 is 0 Å². The van der Waals surface area contributed by atoms with E-state index in [-0.39, 0.29) is 5.91 Å². The molecular weight excluding hydrogens is 302 g/mol. The number of hydrogen-bond donors (Lipinski definition) is 3. The number of aliphatic imine (C=N–C) groups is 1. The summed E-state index contributed by atoms with van der Waals surface area (Å²) >= 11 is 0. The molecule has 0 saturated carbocycles. The average molecular weight is 325 g/mol. The van der Waals surface area contributed by atoms with E-state index in [9.17, 15) is 4.79 Å². The predicted octanol–water partition coefficient (Wildman–Crippen LogP) is 1.48. The first-order valence-electron chi connectivity index (χ1n) is 8.00. The summed E-state index contributed by atoms with van der Waals surface area (Å²) in [5, 5.41) is 5.85. The molecule has 2 rings (SSSR count). The van der Waals surface area contributed by atoms with E-state index in [2.05, 4.69) is 20.6 Å². The third-order valence-corrected chi connectivity index (χ3v) is 3.37. The molecule has 6 heteroatoms. The summed E-state index contributed by atoms with van der Waals surface area (Å²) in [6.07, 6.45) is 2.55. The van der Waals surface area contributed by atoms with Gasteiger partial charge >= 0.3 is 0 Å². The van der Waals surface area contributed by atoms with Gasteiger partial charge in [0.15, 0.2) is 5.96 Å². The second-order valence-corrected chi connectivity index (χ2v) is 5.26. The average Bonchev–Trinajstić information content (AvgIpc) is 2.61. The zero-order valence-corrected chi connectivity index (χ0v) is 13.8. The molecule has 24 heavy (non-hydrogen) atoms. The number of nitrogens with two attached hydrogens (primary N) is 1. The Morgan fingerprint density at radius 3 is 2.83 bits per heavy atom. The van der Waals surface area contributed by atoms with Crippen molar-refractivity contribution in [1.29, 1.82) is 0 Å². The molecule has 0 spiro atoms.